The van der Waals surface area contributed by atoms with Gasteiger partial charge >= 0.3 is 0 Å². The monoisotopic (exact) mass is 361 g/mol. The second kappa shape index (κ2) is 12.2. The van der Waals surface area contributed by atoms with Gasteiger partial charge in [-0.25, -0.2) is 8.93 Å². The number of hydrogen-bond acceptors (Lipinski definition) is 3. The molecule has 24 heavy (non-hydrogen) atoms. The van der Waals surface area contributed by atoms with Crippen LogP contribution in [0.2, 0.25) is 0 Å². The summed E-state index contributed by atoms with van der Waals surface area (Å²) in [6, 6.07) is -0.409. The van der Waals surface area contributed by atoms with Crippen LogP contribution in [0.15, 0.2) is 12.2 Å². The molecule has 0 rings (SSSR count). The van der Waals surface area contributed by atoms with Crippen molar-refractivity contribution < 1.29 is 14.4 Å². The van der Waals surface area contributed by atoms with Gasteiger partial charge in [0.05, 0.1) is 34.0 Å². The molecule has 0 amide bonds. The zero-order valence-corrected chi connectivity index (χ0v) is 17.1. The SMILES string of the molecule is CCCCCCCC(O)(/C=C/C(CO)NS(=O)C(C)(C)C)CCC. The van der Waals surface area contributed by atoms with Gasteiger partial charge in [0.15, 0.2) is 0 Å². The summed E-state index contributed by atoms with van der Waals surface area (Å²) in [4.78, 5) is 0. The number of rotatable bonds is 13. The fraction of sp³-hybridized carbons (Fsp3) is 0.895. The van der Waals surface area contributed by atoms with E-state index in [1.165, 1.54) is 19.3 Å². The minimum atomic E-state index is -1.25. The maximum atomic E-state index is 12.1. The number of unbranched alkanes of at least 4 members (excludes halogenated alkanes) is 4. The van der Waals surface area contributed by atoms with Gasteiger partial charge in [0.25, 0.3) is 0 Å². The Morgan fingerprint density at radius 2 is 1.67 bits per heavy atom. The molecule has 3 N–H and O–H groups in total. The van der Waals surface area contributed by atoms with Crippen LogP contribution in [0.3, 0.4) is 0 Å². The van der Waals surface area contributed by atoms with Gasteiger partial charge in [0.2, 0.25) is 0 Å². The summed E-state index contributed by atoms with van der Waals surface area (Å²) < 4.78 is 14.7. The average molecular weight is 362 g/mol. The molecule has 144 valence electrons. The number of hydrogen-bond donors (Lipinski definition) is 3. The van der Waals surface area contributed by atoms with Crippen LogP contribution < -0.4 is 4.72 Å². The van der Waals surface area contributed by atoms with E-state index in [1.54, 1.807) is 12.2 Å². The van der Waals surface area contributed by atoms with Crippen molar-refractivity contribution in [1.82, 2.24) is 4.72 Å². The van der Waals surface area contributed by atoms with Crippen LogP contribution in [0, 0.1) is 0 Å². The number of aliphatic hydroxyl groups excluding tert-OH is 1. The Bertz CT molecular complexity index is 379. The fourth-order valence-corrected chi connectivity index (χ4v) is 3.29. The largest absolute Gasteiger partial charge is 0.394 e. The third-order valence-corrected chi connectivity index (χ3v) is 5.68. The first-order valence-corrected chi connectivity index (χ1v) is 10.5. The standard InChI is InChI=1S/C19H39NO3S/c1-6-8-9-10-11-14-19(22,13-7-2)15-12-17(16-21)20-24(23)18(3,4)5/h12,15,17,20-22H,6-11,13-14,16H2,1-5H3/b15-12+. The molecule has 3 unspecified atom stereocenters. The highest BCUT2D eigenvalue weighted by Gasteiger charge is 2.24. The summed E-state index contributed by atoms with van der Waals surface area (Å²) >= 11 is 0. The fourth-order valence-electron chi connectivity index (χ4n) is 2.51. The van der Waals surface area contributed by atoms with Crippen LogP contribution in [0.4, 0.5) is 0 Å². The van der Waals surface area contributed by atoms with E-state index in [1.807, 2.05) is 20.8 Å². The van der Waals surface area contributed by atoms with Crippen molar-refractivity contribution in [2.75, 3.05) is 6.61 Å². The maximum Gasteiger partial charge on any atom is 0.0976 e. The summed E-state index contributed by atoms with van der Waals surface area (Å²) in [6.07, 6.45) is 11.7. The van der Waals surface area contributed by atoms with Gasteiger partial charge in [0, 0.05) is 0 Å². The molecule has 0 radical (unpaired) electrons. The highest BCUT2D eigenvalue weighted by molar-refractivity contribution is 7.84. The van der Waals surface area contributed by atoms with Crippen LogP contribution in [0.1, 0.15) is 86.0 Å². The van der Waals surface area contributed by atoms with E-state index in [0.29, 0.717) is 6.42 Å². The highest BCUT2D eigenvalue weighted by atomic mass is 32.2. The molecule has 0 saturated carbocycles. The highest BCUT2D eigenvalue weighted by Crippen LogP contribution is 2.23. The minimum absolute atomic E-state index is 0.142. The molecule has 0 heterocycles. The van der Waals surface area contributed by atoms with Crippen molar-refractivity contribution in [3.05, 3.63) is 12.2 Å². The van der Waals surface area contributed by atoms with E-state index in [2.05, 4.69) is 18.6 Å². The molecule has 0 aromatic rings. The lowest BCUT2D eigenvalue weighted by Gasteiger charge is -2.26. The van der Waals surface area contributed by atoms with Crippen molar-refractivity contribution in [2.24, 2.45) is 0 Å². The van der Waals surface area contributed by atoms with Crippen molar-refractivity contribution in [2.45, 2.75) is 102 Å². The topological polar surface area (TPSA) is 69.6 Å². The second-order valence-corrected chi connectivity index (χ2v) is 9.66. The van der Waals surface area contributed by atoms with E-state index in [9.17, 15) is 14.4 Å². The predicted molar refractivity (Wildman–Crippen MR) is 104 cm³/mol. The van der Waals surface area contributed by atoms with Gasteiger partial charge < -0.3 is 10.2 Å². The Hall–Kier alpha value is -0.230. The van der Waals surface area contributed by atoms with E-state index >= 15 is 0 Å². The first kappa shape index (κ1) is 23.8. The quantitative estimate of drug-likeness (QED) is 0.345. The van der Waals surface area contributed by atoms with Crippen molar-refractivity contribution in [3.8, 4) is 0 Å². The predicted octanol–water partition coefficient (Wildman–Crippen LogP) is 3.85. The van der Waals surface area contributed by atoms with Crippen LogP contribution in [-0.4, -0.2) is 37.4 Å². The first-order chi connectivity index (χ1) is 11.2. The van der Waals surface area contributed by atoms with E-state index in [0.717, 1.165) is 25.7 Å². The lowest BCUT2D eigenvalue weighted by atomic mass is 9.90. The Balaban J connectivity index is 4.68. The molecule has 0 fully saturated rings. The van der Waals surface area contributed by atoms with Gasteiger partial charge in [0.1, 0.15) is 0 Å². The molecule has 0 aliphatic heterocycles. The molecule has 4 nitrogen and oxygen atoms in total. The zero-order valence-electron chi connectivity index (χ0n) is 16.3. The Morgan fingerprint density at radius 1 is 1.04 bits per heavy atom. The third kappa shape index (κ3) is 10.6. The van der Waals surface area contributed by atoms with Crippen LogP contribution in [0.5, 0.6) is 0 Å². The molecular formula is C19H39NO3S. The Kier molecular flexibility index (Phi) is 12.1. The molecule has 0 spiro atoms. The molecule has 5 heteroatoms. The summed E-state index contributed by atoms with van der Waals surface area (Å²) in [5.74, 6) is 0. The van der Waals surface area contributed by atoms with Gasteiger partial charge in [-0.2, -0.15) is 0 Å². The summed E-state index contributed by atoms with van der Waals surface area (Å²) in [5, 5.41) is 20.3. The normalized spacial score (nSPS) is 17.8. The van der Waals surface area contributed by atoms with Crippen LogP contribution in [-0.2, 0) is 11.0 Å². The molecule has 0 aromatic carbocycles. The Labute approximate surface area is 151 Å². The molecule has 3 atom stereocenters. The third-order valence-electron chi connectivity index (χ3n) is 4.05. The van der Waals surface area contributed by atoms with Crippen molar-refractivity contribution >= 4 is 11.0 Å². The van der Waals surface area contributed by atoms with Gasteiger partial charge in [-0.15, -0.1) is 0 Å². The smallest absolute Gasteiger partial charge is 0.0976 e. The molecule has 0 saturated heterocycles. The van der Waals surface area contributed by atoms with E-state index in [-0.39, 0.29) is 11.4 Å². The average Bonchev–Trinajstić information content (AvgIpc) is 2.50. The molecule has 0 aliphatic rings. The first-order valence-electron chi connectivity index (χ1n) is 9.39. The number of aliphatic hydroxyl groups is 2. The number of nitrogens with one attached hydrogen (secondary N) is 1. The van der Waals surface area contributed by atoms with Crippen molar-refractivity contribution in [1.29, 1.82) is 0 Å². The molecule has 0 aromatic heterocycles. The molecular weight excluding hydrogens is 322 g/mol. The maximum absolute atomic E-state index is 12.1. The van der Waals surface area contributed by atoms with Crippen molar-refractivity contribution in [3.63, 3.8) is 0 Å². The van der Waals surface area contributed by atoms with E-state index in [4.69, 9.17) is 0 Å². The van der Waals surface area contributed by atoms with Gasteiger partial charge in [-0.05, 0) is 33.6 Å². The van der Waals surface area contributed by atoms with Crippen LogP contribution in [0.25, 0.3) is 0 Å². The summed E-state index contributed by atoms with van der Waals surface area (Å²) in [6.45, 7) is 9.77. The second-order valence-electron chi connectivity index (χ2n) is 7.66. The molecule has 0 aliphatic carbocycles. The van der Waals surface area contributed by atoms with Gasteiger partial charge in [-0.1, -0.05) is 64.5 Å². The summed E-state index contributed by atoms with van der Waals surface area (Å²) in [7, 11) is -1.25. The summed E-state index contributed by atoms with van der Waals surface area (Å²) in [5.41, 5.74) is -0.834. The Morgan fingerprint density at radius 3 is 2.17 bits per heavy atom. The minimum Gasteiger partial charge on any atom is -0.394 e. The van der Waals surface area contributed by atoms with Crippen LogP contribution >= 0.6 is 0 Å². The molecule has 0 bridgehead atoms. The van der Waals surface area contributed by atoms with E-state index < -0.39 is 22.6 Å². The zero-order chi connectivity index (χ0) is 18.6. The lowest BCUT2D eigenvalue weighted by molar-refractivity contribution is 0.0678. The van der Waals surface area contributed by atoms with Gasteiger partial charge in [-0.3, -0.25) is 0 Å². The lowest BCUT2D eigenvalue weighted by Crippen LogP contribution is -2.41.